The van der Waals surface area contributed by atoms with Gasteiger partial charge >= 0.3 is 0 Å². The predicted octanol–water partition coefficient (Wildman–Crippen LogP) is 5.04. The first-order valence-electron chi connectivity index (χ1n) is 4.96. The van der Waals surface area contributed by atoms with Crippen LogP contribution in [0.15, 0.2) is 8.47 Å². The minimum Gasteiger partial charge on any atom is -0.135 e. The second-order valence-corrected chi connectivity index (χ2v) is 7.68. The van der Waals surface area contributed by atoms with Crippen molar-refractivity contribution in [2.24, 2.45) is 0 Å². The molecule has 84 valence electrons. The lowest BCUT2D eigenvalue weighted by atomic mass is 10.4. The van der Waals surface area contributed by atoms with Crippen molar-refractivity contribution in [3.05, 3.63) is 8.47 Å². The van der Waals surface area contributed by atoms with E-state index in [4.69, 9.17) is 0 Å². The normalized spacial score (nSPS) is 17.6. The summed E-state index contributed by atoms with van der Waals surface area (Å²) < 4.78 is 2.13. The van der Waals surface area contributed by atoms with Gasteiger partial charge in [-0.3, -0.25) is 0 Å². The summed E-state index contributed by atoms with van der Waals surface area (Å²) in [7, 11) is 0. The molecule has 0 heterocycles. The molecule has 2 atom stereocenters. The Morgan fingerprint density at radius 1 is 0.929 bits per heavy atom. The molecule has 0 fully saturated rings. The Labute approximate surface area is 108 Å². The molecule has 0 radical (unpaired) electrons. The lowest BCUT2D eigenvalue weighted by molar-refractivity contribution is 0.909. The molecule has 0 saturated carbocycles. The third kappa shape index (κ3) is 6.59. The van der Waals surface area contributed by atoms with Crippen molar-refractivity contribution in [1.29, 1.82) is 0 Å². The number of hydrogen-bond acceptors (Lipinski definition) is 4. The van der Waals surface area contributed by atoms with Gasteiger partial charge in [0.2, 0.25) is 0 Å². The first kappa shape index (κ1) is 15.1. The Bertz CT molecular complexity index is 169. The van der Waals surface area contributed by atoms with E-state index in [0.29, 0.717) is 10.5 Å². The van der Waals surface area contributed by atoms with Gasteiger partial charge in [0, 0.05) is 10.5 Å². The topological polar surface area (TPSA) is 0 Å². The van der Waals surface area contributed by atoms with E-state index in [1.165, 1.54) is 12.8 Å². The molecule has 0 spiro atoms. The average Bonchev–Trinajstić information content (AvgIpc) is 2.17. The Kier molecular flexibility index (Phi) is 8.99. The monoisotopic (exact) mass is 268 g/mol. The highest BCUT2D eigenvalue weighted by Gasteiger charge is 2.08. The van der Waals surface area contributed by atoms with Crippen LogP contribution in [-0.2, 0) is 0 Å². The van der Waals surface area contributed by atoms with Gasteiger partial charge in [-0.15, -0.1) is 48.8 Å². The highest BCUT2D eigenvalue weighted by Crippen LogP contribution is 2.38. The molecule has 0 bridgehead atoms. The average molecular weight is 269 g/mol. The number of rotatable bonds is 6. The maximum Gasteiger partial charge on any atom is 0.0572 e. The first-order valence-corrected chi connectivity index (χ1v) is 7.62. The van der Waals surface area contributed by atoms with Crippen LogP contribution in [0.2, 0.25) is 0 Å². The highest BCUT2D eigenvalue weighted by atomic mass is 32.2. The van der Waals surface area contributed by atoms with Crippen LogP contribution in [0.1, 0.15) is 40.5 Å². The van der Waals surface area contributed by atoms with E-state index < -0.39 is 0 Å². The fraction of sp³-hybridized carbons (Fsp3) is 0.800. The molecular weight excluding hydrogens is 248 g/mol. The lowest BCUT2D eigenvalue weighted by Crippen LogP contribution is -1.94. The van der Waals surface area contributed by atoms with E-state index in [1.54, 1.807) is 23.5 Å². The van der Waals surface area contributed by atoms with E-state index in [-0.39, 0.29) is 0 Å². The van der Waals surface area contributed by atoms with Crippen LogP contribution in [-0.4, -0.2) is 10.5 Å². The van der Waals surface area contributed by atoms with Crippen LogP contribution < -0.4 is 0 Å². The van der Waals surface area contributed by atoms with Crippen LogP contribution in [0.25, 0.3) is 0 Å². The molecule has 0 saturated heterocycles. The first-order chi connectivity index (χ1) is 6.51. The molecule has 0 rings (SSSR count). The Morgan fingerprint density at radius 2 is 1.21 bits per heavy atom. The predicted molar refractivity (Wildman–Crippen MR) is 79.7 cm³/mol. The summed E-state index contributed by atoms with van der Waals surface area (Å²) in [5.74, 6) is 0. The molecule has 4 heteroatoms. The highest BCUT2D eigenvalue weighted by molar-refractivity contribution is 8.21. The maximum absolute atomic E-state index is 4.48. The van der Waals surface area contributed by atoms with Gasteiger partial charge in [-0.25, -0.2) is 0 Å². The van der Waals surface area contributed by atoms with Crippen LogP contribution in [0, 0.1) is 0 Å². The van der Waals surface area contributed by atoms with E-state index in [2.05, 4.69) is 53.0 Å². The summed E-state index contributed by atoms with van der Waals surface area (Å²) >= 11 is 12.6. The third-order valence-corrected chi connectivity index (χ3v) is 5.97. The molecule has 0 nitrogen and oxygen atoms in total. The zero-order valence-corrected chi connectivity index (χ0v) is 12.7. The number of hydrogen-bond donors (Lipinski definition) is 2. The SMILES string of the molecule is CCC(C)SC(S)=C(S)SC(C)CC. The van der Waals surface area contributed by atoms with Gasteiger partial charge in [-0.2, -0.15) is 0 Å². The number of thiol groups is 2. The Morgan fingerprint density at radius 3 is 1.43 bits per heavy atom. The molecule has 0 aliphatic carbocycles. The van der Waals surface area contributed by atoms with Crippen molar-refractivity contribution >= 4 is 48.8 Å². The summed E-state index contributed by atoms with van der Waals surface area (Å²) in [6, 6.07) is 0. The van der Waals surface area contributed by atoms with Gasteiger partial charge in [-0.1, -0.05) is 27.7 Å². The Balaban J connectivity index is 4.14. The minimum absolute atomic E-state index is 0.627. The number of thioether (sulfide) groups is 2. The maximum atomic E-state index is 4.48. The van der Waals surface area contributed by atoms with Crippen LogP contribution >= 0.6 is 48.8 Å². The second kappa shape index (κ2) is 8.31. The standard InChI is InChI=1S/C10H20S4/c1-5-7(3)13-9(11)10(12)14-8(4)6-2/h7-8,11-12H,5-6H2,1-4H3. The summed E-state index contributed by atoms with van der Waals surface area (Å²) in [6.45, 7) is 8.82. The van der Waals surface area contributed by atoms with Crippen molar-refractivity contribution in [3.63, 3.8) is 0 Å². The van der Waals surface area contributed by atoms with E-state index in [0.717, 1.165) is 8.47 Å². The van der Waals surface area contributed by atoms with Crippen LogP contribution in [0.4, 0.5) is 0 Å². The second-order valence-electron chi connectivity index (χ2n) is 3.28. The minimum atomic E-state index is 0.627. The summed E-state index contributed by atoms with van der Waals surface area (Å²) in [6.07, 6.45) is 2.34. The fourth-order valence-electron chi connectivity index (χ4n) is 0.649. The molecular formula is C10H20S4. The third-order valence-electron chi connectivity index (χ3n) is 1.96. The molecule has 0 aromatic heterocycles. The summed E-state index contributed by atoms with van der Waals surface area (Å²) in [4.78, 5) is 0. The molecule has 0 amide bonds. The van der Waals surface area contributed by atoms with Gasteiger partial charge < -0.3 is 0 Å². The van der Waals surface area contributed by atoms with E-state index >= 15 is 0 Å². The van der Waals surface area contributed by atoms with Crippen molar-refractivity contribution < 1.29 is 0 Å². The van der Waals surface area contributed by atoms with Crippen LogP contribution in [0.3, 0.4) is 0 Å². The molecule has 0 aliphatic heterocycles. The summed E-state index contributed by atoms with van der Waals surface area (Å²) in [5.41, 5.74) is 0. The van der Waals surface area contributed by atoms with Crippen molar-refractivity contribution in [1.82, 2.24) is 0 Å². The zero-order chi connectivity index (χ0) is 11.1. The van der Waals surface area contributed by atoms with Crippen molar-refractivity contribution in [3.8, 4) is 0 Å². The molecule has 14 heavy (non-hydrogen) atoms. The molecule has 0 aromatic carbocycles. The van der Waals surface area contributed by atoms with Gasteiger partial charge in [0.15, 0.2) is 0 Å². The molecule has 0 N–H and O–H groups in total. The van der Waals surface area contributed by atoms with Gasteiger partial charge in [0.1, 0.15) is 0 Å². The quantitative estimate of drug-likeness (QED) is 0.648. The van der Waals surface area contributed by atoms with Crippen LogP contribution in [0.5, 0.6) is 0 Å². The van der Waals surface area contributed by atoms with E-state index in [9.17, 15) is 0 Å². The summed E-state index contributed by atoms with van der Waals surface area (Å²) in [5, 5.41) is 1.25. The van der Waals surface area contributed by atoms with E-state index in [1.807, 2.05) is 0 Å². The molecule has 0 aromatic rings. The van der Waals surface area contributed by atoms with Gasteiger partial charge in [0.05, 0.1) is 8.47 Å². The van der Waals surface area contributed by atoms with Crippen molar-refractivity contribution in [2.45, 2.75) is 51.0 Å². The van der Waals surface area contributed by atoms with Gasteiger partial charge in [0.25, 0.3) is 0 Å². The fourth-order valence-corrected chi connectivity index (χ4v) is 3.63. The van der Waals surface area contributed by atoms with Crippen molar-refractivity contribution in [2.75, 3.05) is 0 Å². The Hall–Kier alpha value is 1.14. The lowest BCUT2D eigenvalue weighted by Gasteiger charge is -2.12. The molecule has 2 unspecified atom stereocenters. The van der Waals surface area contributed by atoms with Gasteiger partial charge in [-0.05, 0) is 12.8 Å². The largest absolute Gasteiger partial charge is 0.135 e. The smallest absolute Gasteiger partial charge is 0.0572 e. The molecule has 0 aliphatic rings. The zero-order valence-electron chi connectivity index (χ0n) is 9.28.